The number of amides is 1. The normalized spacial score (nSPS) is 15.0. The smallest absolute Gasteiger partial charge is 0.248 e. The van der Waals surface area contributed by atoms with Crippen LogP contribution in [0.15, 0.2) is 59.5 Å². The summed E-state index contributed by atoms with van der Waals surface area (Å²) in [4.78, 5) is 14.9. The van der Waals surface area contributed by atoms with E-state index in [4.69, 9.17) is 0 Å². The van der Waals surface area contributed by atoms with Gasteiger partial charge in [0.15, 0.2) is 0 Å². The number of carbonyl (C=O) groups excluding carboxylic acids is 1. The molecule has 0 aliphatic carbocycles. The molecule has 2 aromatic carbocycles. The van der Waals surface area contributed by atoms with Crippen molar-refractivity contribution in [2.24, 2.45) is 0 Å². The Bertz CT molecular complexity index is 947. The molecule has 2 aromatic rings. The summed E-state index contributed by atoms with van der Waals surface area (Å²) in [5, 5.41) is 2.95. The quantitative estimate of drug-likeness (QED) is 0.731. The Kier molecular flexibility index (Phi) is 6.49. The lowest BCUT2D eigenvalue weighted by atomic mass is 10.1. The summed E-state index contributed by atoms with van der Waals surface area (Å²) in [6, 6.07) is 14.2. The molecule has 1 aliphatic rings. The summed E-state index contributed by atoms with van der Waals surface area (Å²) in [5.74, 6) is -0.226. The van der Waals surface area contributed by atoms with Gasteiger partial charge in [-0.2, -0.15) is 0 Å². The number of para-hydroxylation sites is 2. The highest BCUT2D eigenvalue weighted by Gasteiger charge is 2.15. The zero-order valence-corrected chi connectivity index (χ0v) is 16.7. The Labute approximate surface area is 166 Å². The van der Waals surface area contributed by atoms with Crippen molar-refractivity contribution >= 4 is 33.4 Å². The average molecular weight is 400 g/mol. The molecule has 0 aromatic heterocycles. The van der Waals surface area contributed by atoms with Crippen molar-refractivity contribution < 1.29 is 13.2 Å². The van der Waals surface area contributed by atoms with Gasteiger partial charge in [-0.3, -0.25) is 4.79 Å². The Morgan fingerprint density at radius 3 is 2.36 bits per heavy atom. The van der Waals surface area contributed by atoms with Gasteiger partial charge in [-0.05, 0) is 62.2 Å². The number of piperidine rings is 1. The van der Waals surface area contributed by atoms with Gasteiger partial charge in [-0.25, -0.2) is 13.1 Å². The van der Waals surface area contributed by atoms with Crippen molar-refractivity contribution in [1.29, 1.82) is 0 Å². The van der Waals surface area contributed by atoms with E-state index in [1.807, 2.05) is 24.3 Å². The molecule has 1 fully saturated rings. The second kappa shape index (κ2) is 9.03. The highest BCUT2D eigenvalue weighted by Crippen LogP contribution is 2.28. The maximum Gasteiger partial charge on any atom is 0.248 e. The Morgan fingerprint density at radius 1 is 1.00 bits per heavy atom. The van der Waals surface area contributed by atoms with Gasteiger partial charge in [0.05, 0.1) is 16.3 Å². The van der Waals surface area contributed by atoms with Gasteiger partial charge in [-0.15, -0.1) is 0 Å². The molecule has 6 nitrogen and oxygen atoms in total. The van der Waals surface area contributed by atoms with E-state index < -0.39 is 10.0 Å². The van der Waals surface area contributed by atoms with Gasteiger partial charge in [-0.1, -0.05) is 24.3 Å². The largest absolute Gasteiger partial charge is 0.370 e. The minimum atomic E-state index is -3.46. The lowest BCUT2D eigenvalue weighted by molar-refractivity contribution is -0.111. The molecule has 0 radical (unpaired) electrons. The fourth-order valence-corrected chi connectivity index (χ4v) is 3.94. The van der Waals surface area contributed by atoms with Crippen molar-refractivity contribution in [3.8, 4) is 0 Å². The highest BCUT2D eigenvalue weighted by atomic mass is 32.2. The molecule has 1 aliphatic heterocycles. The number of rotatable bonds is 6. The Morgan fingerprint density at radius 2 is 1.68 bits per heavy atom. The first-order valence-corrected chi connectivity index (χ1v) is 10.8. The van der Waals surface area contributed by atoms with Crippen LogP contribution in [-0.4, -0.2) is 34.5 Å². The van der Waals surface area contributed by atoms with Gasteiger partial charge in [0.2, 0.25) is 15.9 Å². The highest BCUT2D eigenvalue weighted by molar-refractivity contribution is 7.89. The molecule has 2 N–H and O–H groups in total. The van der Waals surface area contributed by atoms with Crippen molar-refractivity contribution in [3.05, 3.63) is 60.2 Å². The topological polar surface area (TPSA) is 78.5 Å². The number of nitrogens with one attached hydrogen (secondary N) is 2. The number of anilines is 2. The molecule has 1 saturated heterocycles. The van der Waals surface area contributed by atoms with Gasteiger partial charge in [0.1, 0.15) is 0 Å². The maximum atomic E-state index is 12.4. The zero-order chi connectivity index (χ0) is 20.0. The molecule has 1 amide bonds. The van der Waals surface area contributed by atoms with Gasteiger partial charge >= 0.3 is 0 Å². The molecule has 3 rings (SSSR count). The van der Waals surface area contributed by atoms with E-state index in [9.17, 15) is 13.2 Å². The molecular weight excluding hydrogens is 374 g/mol. The van der Waals surface area contributed by atoms with Crippen LogP contribution < -0.4 is 14.9 Å². The molecule has 0 atom stereocenters. The van der Waals surface area contributed by atoms with E-state index in [0.29, 0.717) is 0 Å². The molecule has 148 valence electrons. The number of carbonyl (C=O) groups is 1. The summed E-state index contributed by atoms with van der Waals surface area (Å²) < 4.78 is 25.8. The van der Waals surface area contributed by atoms with Crippen molar-refractivity contribution in [2.45, 2.75) is 24.2 Å². The Balaban J connectivity index is 1.67. The Hall–Kier alpha value is -2.64. The second-order valence-electron chi connectivity index (χ2n) is 6.66. The molecule has 0 bridgehead atoms. The number of sulfonamides is 1. The molecular formula is C21H25N3O3S. The van der Waals surface area contributed by atoms with Gasteiger partial charge in [0.25, 0.3) is 0 Å². The van der Waals surface area contributed by atoms with E-state index >= 15 is 0 Å². The third-order valence-electron chi connectivity index (χ3n) is 4.74. The fourth-order valence-electron chi connectivity index (χ4n) is 3.21. The summed E-state index contributed by atoms with van der Waals surface area (Å²) >= 11 is 0. The van der Waals surface area contributed by atoms with Crippen LogP contribution in [0, 0.1) is 0 Å². The van der Waals surface area contributed by atoms with Crippen molar-refractivity contribution in [3.63, 3.8) is 0 Å². The van der Waals surface area contributed by atoms with Crippen LogP contribution in [0.4, 0.5) is 11.4 Å². The summed E-state index contributed by atoms with van der Waals surface area (Å²) in [5.41, 5.74) is 2.59. The van der Waals surface area contributed by atoms with Crippen molar-refractivity contribution in [1.82, 2.24) is 4.72 Å². The minimum Gasteiger partial charge on any atom is -0.370 e. The first-order valence-electron chi connectivity index (χ1n) is 9.36. The van der Waals surface area contributed by atoms with Crippen LogP contribution in [0.2, 0.25) is 0 Å². The average Bonchev–Trinajstić information content (AvgIpc) is 2.73. The first kappa shape index (κ1) is 20.1. The number of hydrogen-bond donors (Lipinski definition) is 2. The number of benzene rings is 2. The SMILES string of the molecule is CNS(=O)(=O)c1ccc(/C=C/C(=O)Nc2ccccc2N2CCCCC2)cc1. The summed E-state index contributed by atoms with van der Waals surface area (Å²) in [7, 11) is -2.09. The number of hydrogen-bond acceptors (Lipinski definition) is 4. The molecule has 7 heteroatoms. The standard InChI is InChI=1S/C21H25N3O3S/c1-22-28(26,27)18-12-9-17(10-13-18)11-14-21(25)23-19-7-3-4-8-20(19)24-15-5-2-6-16-24/h3-4,7-14,22H,2,5-6,15-16H2,1H3,(H,23,25)/b14-11+. The first-order chi connectivity index (χ1) is 13.5. The fraction of sp³-hybridized carbons (Fsp3) is 0.286. The predicted octanol–water partition coefficient (Wildman–Crippen LogP) is 3.24. The maximum absolute atomic E-state index is 12.4. The zero-order valence-electron chi connectivity index (χ0n) is 15.9. The van der Waals surface area contributed by atoms with E-state index in [1.54, 1.807) is 18.2 Å². The van der Waals surface area contributed by atoms with Crippen LogP contribution in [0.1, 0.15) is 24.8 Å². The third-order valence-corrected chi connectivity index (χ3v) is 6.18. The van der Waals surface area contributed by atoms with Crippen LogP contribution in [0.25, 0.3) is 6.08 Å². The van der Waals surface area contributed by atoms with Crippen molar-refractivity contribution in [2.75, 3.05) is 30.4 Å². The minimum absolute atomic E-state index is 0.187. The number of nitrogens with zero attached hydrogens (tertiary/aromatic N) is 1. The lowest BCUT2D eigenvalue weighted by Crippen LogP contribution is -2.30. The second-order valence-corrected chi connectivity index (χ2v) is 8.55. The van der Waals surface area contributed by atoms with Crippen LogP contribution in [0.3, 0.4) is 0 Å². The monoisotopic (exact) mass is 399 g/mol. The molecule has 0 saturated carbocycles. The van der Waals surface area contributed by atoms with E-state index in [0.717, 1.165) is 30.0 Å². The molecule has 28 heavy (non-hydrogen) atoms. The van der Waals surface area contributed by atoms with Crippen LogP contribution in [0.5, 0.6) is 0 Å². The summed E-state index contributed by atoms with van der Waals surface area (Å²) in [6.45, 7) is 2.01. The molecule has 0 spiro atoms. The molecule has 0 unspecified atom stereocenters. The van der Waals surface area contributed by atoms with Crippen LogP contribution >= 0.6 is 0 Å². The van der Waals surface area contributed by atoms with E-state index in [2.05, 4.69) is 14.9 Å². The van der Waals surface area contributed by atoms with Gasteiger partial charge in [0, 0.05) is 19.2 Å². The van der Waals surface area contributed by atoms with Crippen LogP contribution in [-0.2, 0) is 14.8 Å². The summed E-state index contributed by atoms with van der Waals surface area (Å²) in [6.07, 6.45) is 6.70. The predicted molar refractivity (Wildman–Crippen MR) is 113 cm³/mol. The van der Waals surface area contributed by atoms with Gasteiger partial charge < -0.3 is 10.2 Å². The third kappa shape index (κ3) is 4.99. The lowest BCUT2D eigenvalue weighted by Gasteiger charge is -2.30. The molecule has 1 heterocycles. The van der Waals surface area contributed by atoms with E-state index in [1.165, 1.54) is 44.5 Å². The van der Waals surface area contributed by atoms with E-state index in [-0.39, 0.29) is 10.8 Å².